The highest BCUT2D eigenvalue weighted by atomic mass is 35.5. The molecule has 1 aromatic heterocycles. The average molecular weight is 431 g/mol. The van der Waals surface area contributed by atoms with Crippen molar-refractivity contribution >= 4 is 34.2 Å². The quantitative estimate of drug-likeness (QED) is 0.652. The van der Waals surface area contributed by atoms with Gasteiger partial charge in [-0.15, -0.1) is 0 Å². The van der Waals surface area contributed by atoms with Crippen LogP contribution in [0.3, 0.4) is 0 Å². The number of nitrogens with one attached hydrogen (secondary N) is 1. The van der Waals surface area contributed by atoms with Crippen LogP contribution in [0.1, 0.15) is 23.2 Å². The van der Waals surface area contributed by atoms with E-state index in [0.717, 1.165) is 12.8 Å². The molecule has 1 saturated heterocycles. The number of benzene rings is 2. The molecule has 0 saturated carbocycles. The molecule has 6 nitrogen and oxygen atoms in total. The molecule has 0 radical (unpaired) electrons. The van der Waals surface area contributed by atoms with Crippen LogP contribution in [0.25, 0.3) is 11.0 Å². The summed E-state index contributed by atoms with van der Waals surface area (Å²) < 4.78 is 30.6. The van der Waals surface area contributed by atoms with E-state index in [1.807, 2.05) is 0 Å². The molecule has 1 aliphatic heterocycles. The van der Waals surface area contributed by atoms with Gasteiger partial charge in [-0.1, -0.05) is 23.7 Å². The Morgan fingerprint density at radius 1 is 1.33 bits per heavy atom. The number of carbonyl (C=O) groups is 1. The Morgan fingerprint density at radius 2 is 2.20 bits per heavy atom. The van der Waals surface area contributed by atoms with Crippen LogP contribution in [-0.2, 0) is 4.74 Å². The van der Waals surface area contributed by atoms with E-state index in [1.54, 1.807) is 24.3 Å². The van der Waals surface area contributed by atoms with E-state index in [9.17, 15) is 9.18 Å². The summed E-state index contributed by atoms with van der Waals surface area (Å²) in [5, 5.41) is 3.77. The van der Waals surface area contributed by atoms with Crippen molar-refractivity contribution in [3.8, 4) is 5.75 Å². The van der Waals surface area contributed by atoms with Gasteiger partial charge in [0, 0.05) is 24.6 Å². The van der Waals surface area contributed by atoms with Crippen LogP contribution in [0.4, 0.5) is 10.1 Å². The minimum absolute atomic E-state index is 0.00402. The lowest BCUT2D eigenvalue weighted by molar-refractivity contribution is 0.0854. The van der Waals surface area contributed by atoms with Crippen molar-refractivity contribution in [2.75, 3.05) is 20.3 Å². The van der Waals surface area contributed by atoms with Crippen molar-refractivity contribution in [2.24, 2.45) is 4.99 Å². The number of amides is 1. The van der Waals surface area contributed by atoms with Gasteiger partial charge >= 0.3 is 0 Å². The fourth-order valence-corrected chi connectivity index (χ4v) is 3.48. The first-order chi connectivity index (χ1) is 14.5. The zero-order valence-electron chi connectivity index (χ0n) is 16.3. The van der Waals surface area contributed by atoms with Gasteiger partial charge in [0.25, 0.3) is 5.91 Å². The van der Waals surface area contributed by atoms with E-state index >= 15 is 0 Å². The van der Waals surface area contributed by atoms with Crippen LogP contribution >= 0.6 is 11.6 Å². The van der Waals surface area contributed by atoms with Gasteiger partial charge in [0.1, 0.15) is 11.4 Å². The third-order valence-corrected chi connectivity index (χ3v) is 5.17. The molecule has 1 N–H and O–H groups in total. The fraction of sp³-hybridized carbons (Fsp3) is 0.273. The van der Waals surface area contributed by atoms with Gasteiger partial charge in [-0.3, -0.25) is 4.79 Å². The molecule has 1 fully saturated rings. The van der Waals surface area contributed by atoms with E-state index in [2.05, 4.69) is 10.3 Å². The van der Waals surface area contributed by atoms with Gasteiger partial charge in [0.05, 0.1) is 23.9 Å². The number of rotatable bonds is 5. The number of ether oxygens (including phenoxy) is 2. The summed E-state index contributed by atoms with van der Waals surface area (Å²) in [6, 6.07) is 10.8. The molecule has 3 aromatic rings. The molecule has 0 aliphatic carbocycles. The topological polar surface area (TPSA) is 73.1 Å². The number of methoxy groups -OCH3 is 1. The maximum Gasteiger partial charge on any atom is 0.256 e. The lowest BCUT2D eigenvalue weighted by Gasteiger charge is -2.12. The summed E-state index contributed by atoms with van der Waals surface area (Å²) in [5.74, 6) is -0.383. The summed E-state index contributed by atoms with van der Waals surface area (Å²) in [4.78, 5) is 17.3. The number of hydrogen-bond donors (Lipinski definition) is 1. The third kappa shape index (κ3) is 4.32. The van der Waals surface area contributed by atoms with Crippen molar-refractivity contribution in [3.63, 3.8) is 0 Å². The van der Waals surface area contributed by atoms with Crippen LogP contribution in [-0.4, -0.2) is 32.3 Å². The molecule has 0 spiro atoms. The van der Waals surface area contributed by atoms with E-state index in [1.165, 1.54) is 25.3 Å². The molecular weight excluding hydrogens is 411 g/mol. The normalized spacial score (nSPS) is 16.8. The predicted molar refractivity (Wildman–Crippen MR) is 111 cm³/mol. The first-order valence-electron chi connectivity index (χ1n) is 9.55. The van der Waals surface area contributed by atoms with Crippen molar-refractivity contribution in [1.82, 2.24) is 5.32 Å². The number of halogens is 2. The molecule has 1 amide bonds. The largest absolute Gasteiger partial charge is 0.493 e. The highest BCUT2D eigenvalue weighted by Crippen LogP contribution is 2.27. The van der Waals surface area contributed by atoms with Gasteiger partial charge in [0.2, 0.25) is 5.55 Å². The Bertz CT molecular complexity index is 1160. The predicted octanol–water partition coefficient (Wildman–Crippen LogP) is 4.38. The number of carbonyl (C=O) groups excluding carboxylic acids is 1. The molecule has 0 unspecified atom stereocenters. The summed E-state index contributed by atoms with van der Waals surface area (Å²) in [6.07, 6.45) is 1.87. The second-order valence-corrected chi connectivity index (χ2v) is 7.30. The first kappa shape index (κ1) is 20.4. The zero-order chi connectivity index (χ0) is 21.1. The van der Waals surface area contributed by atoms with Crippen LogP contribution in [0.2, 0.25) is 5.02 Å². The van der Waals surface area contributed by atoms with E-state index < -0.39 is 5.82 Å². The monoisotopic (exact) mass is 430 g/mol. The molecule has 1 atom stereocenters. The average Bonchev–Trinajstić information content (AvgIpc) is 3.27. The summed E-state index contributed by atoms with van der Waals surface area (Å²) in [7, 11) is 1.52. The minimum atomic E-state index is -0.499. The lowest BCUT2D eigenvalue weighted by Crippen LogP contribution is -2.34. The number of fused-ring (bicyclic) bond motifs is 1. The first-order valence-corrected chi connectivity index (χ1v) is 9.93. The van der Waals surface area contributed by atoms with Crippen molar-refractivity contribution in [2.45, 2.75) is 18.9 Å². The third-order valence-electron chi connectivity index (χ3n) is 4.85. The van der Waals surface area contributed by atoms with E-state index in [-0.39, 0.29) is 33.8 Å². The highest BCUT2D eigenvalue weighted by molar-refractivity contribution is 6.32. The van der Waals surface area contributed by atoms with Gasteiger partial charge in [-0.2, -0.15) is 0 Å². The second-order valence-electron chi connectivity index (χ2n) is 6.90. The maximum absolute atomic E-state index is 13.7. The second kappa shape index (κ2) is 8.85. The molecule has 30 heavy (non-hydrogen) atoms. The Hall–Kier alpha value is -2.90. The maximum atomic E-state index is 13.7. The van der Waals surface area contributed by atoms with Gasteiger partial charge in [-0.25, -0.2) is 9.38 Å². The molecule has 8 heteroatoms. The molecule has 2 aromatic carbocycles. The zero-order valence-corrected chi connectivity index (χ0v) is 17.0. The summed E-state index contributed by atoms with van der Waals surface area (Å²) in [5.41, 5.74) is 0.781. The Morgan fingerprint density at radius 3 is 2.97 bits per heavy atom. The van der Waals surface area contributed by atoms with Crippen molar-refractivity contribution in [3.05, 3.63) is 64.4 Å². The Kier molecular flexibility index (Phi) is 6.01. The molecule has 2 heterocycles. The summed E-state index contributed by atoms with van der Waals surface area (Å²) in [6.45, 7) is 1.08. The van der Waals surface area contributed by atoms with Crippen molar-refractivity contribution < 1.29 is 23.1 Å². The van der Waals surface area contributed by atoms with Gasteiger partial charge < -0.3 is 19.2 Å². The Balaban J connectivity index is 1.82. The van der Waals surface area contributed by atoms with Crippen LogP contribution < -0.4 is 15.6 Å². The van der Waals surface area contributed by atoms with Crippen LogP contribution in [0.5, 0.6) is 5.75 Å². The molecular formula is C22H20ClFN2O4. The Labute approximate surface area is 177 Å². The molecule has 0 bridgehead atoms. The number of para-hydroxylation sites is 1. The van der Waals surface area contributed by atoms with Crippen molar-refractivity contribution in [1.29, 1.82) is 0 Å². The fourth-order valence-electron chi connectivity index (χ4n) is 3.32. The lowest BCUT2D eigenvalue weighted by atomic mass is 10.1. The molecule has 4 rings (SSSR count). The highest BCUT2D eigenvalue weighted by Gasteiger charge is 2.19. The SMILES string of the molecule is COc1cccc2cc(C(=O)NC[C@@H]3CCCO3)c(=Nc3cc(F)ccc3Cl)oc12. The number of nitrogens with zero attached hydrogens (tertiary/aromatic N) is 1. The molecule has 156 valence electrons. The van der Waals surface area contributed by atoms with E-state index in [0.29, 0.717) is 29.9 Å². The van der Waals surface area contributed by atoms with Gasteiger partial charge in [0.15, 0.2) is 11.3 Å². The van der Waals surface area contributed by atoms with Gasteiger partial charge in [-0.05, 0) is 37.1 Å². The molecule has 1 aliphatic rings. The van der Waals surface area contributed by atoms with Crippen LogP contribution in [0.15, 0.2) is 51.9 Å². The number of hydrogen-bond acceptors (Lipinski definition) is 5. The smallest absolute Gasteiger partial charge is 0.256 e. The van der Waals surface area contributed by atoms with Crippen LogP contribution in [0, 0.1) is 5.82 Å². The summed E-state index contributed by atoms with van der Waals surface area (Å²) >= 11 is 6.16. The standard InChI is InChI=1S/C22H20ClFN2O4/c1-28-19-6-2-4-13-10-16(21(27)25-12-15-5-3-9-29-15)22(30-20(13)19)26-18-11-14(24)7-8-17(18)23/h2,4,6-8,10-11,15H,3,5,9,12H2,1H3,(H,25,27)/t15-/m0/s1. The minimum Gasteiger partial charge on any atom is -0.493 e. The van der Waals surface area contributed by atoms with E-state index in [4.69, 9.17) is 25.5 Å².